The minimum absolute atomic E-state index is 0.0592. The Hall–Kier alpha value is -4.08. The molecule has 0 saturated heterocycles. The Morgan fingerprint density at radius 1 is 1.00 bits per heavy atom. The van der Waals surface area contributed by atoms with Crippen LogP contribution in [-0.2, 0) is 0 Å². The highest BCUT2D eigenvalue weighted by Crippen LogP contribution is 2.25. The first-order valence-electron chi connectivity index (χ1n) is 10.3. The van der Waals surface area contributed by atoms with Gasteiger partial charge in [0.1, 0.15) is 5.82 Å². The van der Waals surface area contributed by atoms with Gasteiger partial charge in [0.2, 0.25) is 0 Å². The zero-order chi connectivity index (χ0) is 22.7. The molecule has 166 valence electrons. The molecule has 1 amide bonds. The quantitative estimate of drug-likeness (QED) is 0.362. The Balaban J connectivity index is 1.37. The van der Waals surface area contributed by atoms with Gasteiger partial charge in [0.05, 0.1) is 6.26 Å². The summed E-state index contributed by atoms with van der Waals surface area (Å²) in [6.07, 6.45) is 8.84. The molecular formula is C22H26N8O2. The molecule has 2 aromatic heterocycles. The molecule has 0 atom stereocenters. The summed E-state index contributed by atoms with van der Waals surface area (Å²) in [5, 5.41) is 17.8. The summed E-state index contributed by atoms with van der Waals surface area (Å²) in [6, 6.07) is 5.39. The lowest BCUT2D eigenvalue weighted by atomic mass is 10.0. The van der Waals surface area contributed by atoms with Crippen LogP contribution in [0.3, 0.4) is 0 Å². The number of hydrogen-bond acceptors (Lipinski definition) is 5. The van der Waals surface area contributed by atoms with E-state index in [4.69, 9.17) is 26.7 Å². The van der Waals surface area contributed by atoms with Crippen LogP contribution in [0.5, 0.6) is 0 Å². The molecule has 0 aliphatic carbocycles. The molecule has 32 heavy (non-hydrogen) atoms. The molecule has 10 heteroatoms. The number of carbonyl (C=O) groups is 1. The second-order valence-electron chi connectivity index (χ2n) is 7.71. The van der Waals surface area contributed by atoms with Gasteiger partial charge in [-0.05, 0) is 47.8 Å². The lowest BCUT2D eigenvalue weighted by Crippen LogP contribution is -2.39. The molecule has 0 radical (unpaired) electrons. The molecule has 2 aliphatic rings. The molecule has 7 N–H and O–H groups in total. The summed E-state index contributed by atoms with van der Waals surface area (Å²) in [7, 11) is 0. The van der Waals surface area contributed by atoms with Crippen molar-refractivity contribution in [2.45, 2.75) is 12.8 Å². The van der Waals surface area contributed by atoms with Crippen LogP contribution in [0, 0.1) is 10.8 Å². The molecule has 2 aliphatic heterocycles. The standard InChI is InChI=1S/C22H26N8O2/c23-21(24)29-7-3-14(4-8-29)16-1-2-19(27-12-16)28-20(31)18-11-17(13-32-18)15-5-9-30(10-6-15)22(25)26/h1-3,5,11-13H,4,6-10H2,(H3,23,24)(H3,25,26)(H,27,28,31). The van der Waals surface area contributed by atoms with E-state index < -0.39 is 0 Å². The second kappa shape index (κ2) is 8.96. The van der Waals surface area contributed by atoms with Gasteiger partial charge in [0, 0.05) is 37.9 Å². The van der Waals surface area contributed by atoms with E-state index >= 15 is 0 Å². The van der Waals surface area contributed by atoms with Gasteiger partial charge >= 0.3 is 0 Å². The Labute approximate surface area is 185 Å². The molecule has 0 unspecified atom stereocenters. The number of nitrogens with one attached hydrogen (secondary N) is 3. The summed E-state index contributed by atoms with van der Waals surface area (Å²) < 4.78 is 5.47. The number of nitrogens with zero attached hydrogens (tertiary/aromatic N) is 3. The van der Waals surface area contributed by atoms with E-state index in [9.17, 15) is 4.79 Å². The van der Waals surface area contributed by atoms with Gasteiger partial charge in [0.15, 0.2) is 17.7 Å². The Kier molecular flexibility index (Phi) is 5.93. The topological polar surface area (TPSA) is 161 Å². The second-order valence-corrected chi connectivity index (χ2v) is 7.71. The SMILES string of the molecule is N=C(N)N1CC=C(c2ccc(NC(=O)c3cc(C4=CCN(C(=N)N)CC4)co3)nc2)CC1. The average Bonchev–Trinajstić information content (AvgIpc) is 3.30. The summed E-state index contributed by atoms with van der Waals surface area (Å²) in [5.74, 6) is 0.416. The number of carbonyl (C=O) groups excluding carboxylic acids is 1. The summed E-state index contributed by atoms with van der Waals surface area (Å²) >= 11 is 0. The molecule has 0 fully saturated rings. The van der Waals surface area contributed by atoms with E-state index in [2.05, 4.69) is 10.3 Å². The van der Waals surface area contributed by atoms with E-state index in [0.717, 1.165) is 35.1 Å². The highest BCUT2D eigenvalue weighted by molar-refractivity contribution is 6.02. The van der Waals surface area contributed by atoms with E-state index in [0.29, 0.717) is 32.0 Å². The fraction of sp³-hybridized carbons (Fsp3) is 0.273. The zero-order valence-corrected chi connectivity index (χ0v) is 17.6. The van der Waals surface area contributed by atoms with E-state index in [1.807, 2.05) is 18.2 Å². The Bertz CT molecular complexity index is 1100. The monoisotopic (exact) mass is 434 g/mol. The van der Waals surface area contributed by atoms with Crippen LogP contribution in [-0.4, -0.2) is 58.8 Å². The van der Waals surface area contributed by atoms with Crippen LogP contribution in [0.1, 0.15) is 34.5 Å². The Morgan fingerprint density at radius 2 is 1.62 bits per heavy atom. The fourth-order valence-electron chi connectivity index (χ4n) is 3.76. The number of anilines is 1. The van der Waals surface area contributed by atoms with Gasteiger partial charge in [-0.15, -0.1) is 0 Å². The molecule has 0 aromatic carbocycles. The molecular weight excluding hydrogens is 408 g/mol. The molecule has 4 rings (SSSR count). The van der Waals surface area contributed by atoms with Crippen LogP contribution in [0.2, 0.25) is 0 Å². The lowest BCUT2D eigenvalue weighted by Gasteiger charge is -2.26. The van der Waals surface area contributed by atoms with Crippen molar-refractivity contribution in [3.8, 4) is 0 Å². The number of furan rings is 1. The van der Waals surface area contributed by atoms with E-state index in [1.54, 1.807) is 34.4 Å². The van der Waals surface area contributed by atoms with Crippen molar-refractivity contribution >= 4 is 34.8 Å². The first kappa shape index (κ1) is 21.2. The number of aromatic nitrogens is 1. The number of pyridine rings is 1. The maximum absolute atomic E-state index is 12.6. The van der Waals surface area contributed by atoms with E-state index in [1.165, 1.54) is 0 Å². The molecule has 4 heterocycles. The van der Waals surface area contributed by atoms with Crippen molar-refractivity contribution in [3.63, 3.8) is 0 Å². The van der Waals surface area contributed by atoms with Gasteiger partial charge in [-0.3, -0.25) is 15.6 Å². The van der Waals surface area contributed by atoms with Gasteiger partial charge < -0.3 is 31.0 Å². The predicted molar refractivity (Wildman–Crippen MR) is 123 cm³/mol. The van der Waals surface area contributed by atoms with Crippen LogP contribution >= 0.6 is 0 Å². The van der Waals surface area contributed by atoms with Crippen molar-refractivity contribution in [3.05, 3.63) is 59.7 Å². The molecule has 0 saturated carbocycles. The molecule has 0 bridgehead atoms. The van der Waals surface area contributed by atoms with Crippen molar-refractivity contribution in [2.24, 2.45) is 11.5 Å². The van der Waals surface area contributed by atoms with Crippen LogP contribution < -0.4 is 16.8 Å². The number of nitrogens with two attached hydrogens (primary N) is 2. The van der Waals surface area contributed by atoms with Crippen molar-refractivity contribution in [2.75, 3.05) is 31.5 Å². The van der Waals surface area contributed by atoms with Crippen molar-refractivity contribution in [1.29, 1.82) is 10.8 Å². The number of amides is 1. The largest absolute Gasteiger partial charge is 0.459 e. The number of hydrogen-bond donors (Lipinski definition) is 5. The average molecular weight is 435 g/mol. The maximum Gasteiger partial charge on any atom is 0.292 e. The highest BCUT2D eigenvalue weighted by atomic mass is 16.3. The van der Waals surface area contributed by atoms with Gasteiger partial charge in [-0.2, -0.15) is 0 Å². The minimum atomic E-state index is -0.368. The molecule has 2 aromatic rings. The highest BCUT2D eigenvalue weighted by Gasteiger charge is 2.18. The number of guanidine groups is 2. The summed E-state index contributed by atoms with van der Waals surface area (Å²) in [5.41, 5.74) is 15.1. The van der Waals surface area contributed by atoms with Crippen LogP contribution in [0.15, 0.2) is 47.2 Å². The van der Waals surface area contributed by atoms with E-state index in [-0.39, 0.29) is 23.6 Å². The third-order valence-electron chi connectivity index (χ3n) is 5.67. The first-order chi connectivity index (χ1) is 15.4. The summed E-state index contributed by atoms with van der Waals surface area (Å²) in [4.78, 5) is 20.5. The summed E-state index contributed by atoms with van der Waals surface area (Å²) in [6.45, 7) is 2.53. The van der Waals surface area contributed by atoms with Crippen LogP contribution in [0.25, 0.3) is 11.1 Å². The van der Waals surface area contributed by atoms with Crippen LogP contribution in [0.4, 0.5) is 5.82 Å². The normalized spacial score (nSPS) is 16.2. The van der Waals surface area contributed by atoms with Crippen molar-refractivity contribution in [1.82, 2.24) is 14.8 Å². The van der Waals surface area contributed by atoms with Crippen molar-refractivity contribution < 1.29 is 9.21 Å². The predicted octanol–water partition coefficient (Wildman–Crippen LogP) is 1.89. The lowest BCUT2D eigenvalue weighted by molar-refractivity contribution is 0.0996. The van der Waals surface area contributed by atoms with Gasteiger partial charge in [-0.1, -0.05) is 12.2 Å². The maximum atomic E-state index is 12.6. The van der Waals surface area contributed by atoms with Gasteiger partial charge in [-0.25, -0.2) is 4.98 Å². The number of rotatable bonds is 4. The minimum Gasteiger partial charge on any atom is -0.459 e. The fourth-order valence-corrected chi connectivity index (χ4v) is 3.76. The third kappa shape index (κ3) is 4.64. The Morgan fingerprint density at radius 3 is 2.12 bits per heavy atom. The third-order valence-corrected chi connectivity index (χ3v) is 5.67. The molecule has 0 spiro atoms. The smallest absolute Gasteiger partial charge is 0.292 e. The first-order valence-corrected chi connectivity index (χ1v) is 10.3. The zero-order valence-electron chi connectivity index (χ0n) is 17.6. The molecule has 10 nitrogen and oxygen atoms in total. The van der Waals surface area contributed by atoms with Gasteiger partial charge in [0.25, 0.3) is 5.91 Å².